The van der Waals surface area contributed by atoms with E-state index in [4.69, 9.17) is 4.74 Å². The molecule has 0 radical (unpaired) electrons. The van der Waals surface area contributed by atoms with Crippen LogP contribution in [0.25, 0.3) is 0 Å². The van der Waals surface area contributed by atoms with E-state index in [2.05, 4.69) is 17.1 Å². The second-order valence-electron chi connectivity index (χ2n) is 4.58. The number of nitrogens with zero attached hydrogens (tertiary/aromatic N) is 2. The number of carbonyl (C=O) groups excluding carboxylic acids is 1. The molecule has 1 N–H and O–H groups in total. The molecule has 0 aliphatic carbocycles. The number of nitrogens with one attached hydrogen (secondary N) is 1. The molecule has 1 aromatic heterocycles. The summed E-state index contributed by atoms with van der Waals surface area (Å²) in [6, 6.07) is 0. The molecule has 2 rings (SSSR count). The number of aromatic nitrogens is 2. The number of aromatic amines is 1. The van der Waals surface area contributed by atoms with Gasteiger partial charge in [0, 0.05) is 31.8 Å². The van der Waals surface area contributed by atoms with Crippen LogP contribution in [-0.4, -0.2) is 47.8 Å². The first kappa shape index (κ1) is 12.1. The van der Waals surface area contributed by atoms with Gasteiger partial charge in [0.1, 0.15) is 6.61 Å². The third kappa shape index (κ3) is 2.66. The molecule has 0 aromatic carbocycles. The van der Waals surface area contributed by atoms with Crippen molar-refractivity contribution in [2.24, 2.45) is 0 Å². The minimum atomic E-state index is 0.0781. The fraction of sp³-hybridized carbons (Fsp3) is 0.667. The van der Waals surface area contributed by atoms with Crippen LogP contribution >= 0.6 is 0 Å². The van der Waals surface area contributed by atoms with Crippen molar-refractivity contribution in [1.82, 2.24) is 15.1 Å². The molecule has 2 heterocycles. The first-order chi connectivity index (χ1) is 8.22. The van der Waals surface area contributed by atoms with Crippen molar-refractivity contribution < 1.29 is 9.53 Å². The summed E-state index contributed by atoms with van der Waals surface area (Å²) in [5, 5.41) is 7.10. The normalized spacial score (nSPS) is 20.6. The van der Waals surface area contributed by atoms with E-state index in [-0.39, 0.29) is 12.5 Å². The maximum absolute atomic E-state index is 11.8. The van der Waals surface area contributed by atoms with Gasteiger partial charge >= 0.3 is 0 Å². The van der Waals surface area contributed by atoms with E-state index >= 15 is 0 Å². The molecule has 1 amide bonds. The van der Waals surface area contributed by atoms with Gasteiger partial charge in [-0.1, -0.05) is 0 Å². The van der Waals surface area contributed by atoms with E-state index < -0.39 is 0 Å². The summed E-state index contributed by atoms with van der Waals surface area (Å²) in [5.74, 6) is 0.460. The highest BCUT2D eigenvalue weighted by Crippen LogP contribution is 2.27. The summed E-state index contributed by atoms with van der Waals surface area (Å²) in [5.41, 5.74) is 2.34. The number of hydrogen-bond donors (Lipinski definition) is 1. The molecule has 5 heteroatoms. The lowest BCUT2D eigenvalue weighted by molar-refractivity contribution is -0.136. The number of carbonyl (C=O) groups is 1. The van der Waals surface area contributed by atoms with Crippen molar-refractivity contribution in [2.75, 3.05) is 26.8 Å². The lowest BCUT2D eigenvalue weighted by atomic mass is 9.93. The number of amides is 1. The van der Waals surface area contributed by atoms with Gasteiger partial charge < -0.3 is 9.64 Å². The van der Waals surface area contributed by atoms with Gasteiger partial charge in [-0.05, 0) is 25.3 Å². The largest absolute Gasteiger partial charge is 0.375 e. The number of hydrogen-bond acceptors (Lipinski definition) is 3. The van der Waals surface area contributed by atoms with E-state index in [1.165, 1.54) is 11.3 Å². The lowest BCUT2D eigenvalue weighted by Crippen LogP contribution is -2.41. The van der Waals surface area contributed by atoms with Crippen LogP contribution in [0.4, 0.5) is 0 Å². The number of likely N-dealkylation sites (tertiary alicyclic amines) is 1. The molecule has 1 aromatic rings. The van der Waals surface area contributed by atoms with Gasteiger partial charge in [-0.2, -0.15) is 5.10 Å². The quantitative estimate of drug-likeness (QED) is 0.855. The highest BCUT2D eigenvalue weighted by Gasteiger charge is 2.26. The van der Waals surface area contributed by atoms with Gasteiger partial charge in [0.05, 0.1) is 6.20 Å². The third-order valence-corrected chi connectivity index (χ3v) is 3.32. The van der Waals surface area contributed by atoms with Crippen molar-refractivity contribution in [1.29, 1.82) is 0 Å². The standard InChI is InChI=1S/C12H19N3O2/c1-9-6-13-14-12(9)10-4-3-5-15(7-10)11(16)8-17-2/h6,10H,3-5,7-8H2,1-2H3,(H,13,14)/t10-/m1/s1. The monoisotopic (exact) mass is 237 g/mol. The highest BCUT2D eigenvalue weighted by molar-refractivity contribution is 5.77. The molecule has 0 saturated carbocycles. The summed E-state index contributed by atoms with van der Waals surface area (Å²) < 4.78 is 4.90. The van der Waals surface area contributed by atoms with E-state index in [9.17, 15) is 4.79 Å². The second-order valence-corrected chi connectivity index (χ2v) is 4.58. The summed E-state index contributed by atoms with van der Waals surface area (Å²) in [6.07, 6.45) is 3.99. The van der Waals surface area contributed by atoms with Crippen molar-refractivity contribution >= 4 is 5.91 Å². The number of piperidine rings is 1. The maximum Gasteiger partial charge on any atom is 0.248 e. The molecule has 5 nitrogen and oxygen atoms in total. The minimum absolute atomic E-state index is 0.0781. The number of rotatable bonds is 3. The summed E-state index contributed by atoms with van der Waals surface area (Å²) in [4.78, 5) is 13.7. The van der Waals surface area contributed by atoms with Gasteiger partial charge in [-0.25, -0.2) is 0 Å². The Hall–Kier alpha value is -1.36. The Morgan fingerprint density at radius 1 is 1.71 bits per heavy atom. The SMILES string of the molecule is COCC(=O)N1CCC[C@@H](c2[nH]ncc2C)C1. The minimum Gasteiger partial charge on any atom is -0.375 e. The smallest absolute Gasteiger partial charge is 0.248 e. The predicted molar refractivity (Wildman–Crippen MR) is 63.8 cm³/mol. The molecule has 1 saturated heterocycles. The summed E-state index contributed by atoms with van der Waals surface area (Å²) in [6.45, 7) is 3.83. The van der Waals surface area contributed by atoms with Gasteiger partial charge in [0.15, 0.2) is 0 Å². The van der Waals surface area contributed by atoms with Crippen LogP contribution in [-0.2, 0) is 9.53 Å². The molecule has 0 unspecified atom stereocenters. The maximum atomic E-state index is 11.8. The molecule has 17 heavy (non-hydrogen) atoms. The number of aryl methyl sites for hydroxylation is 1. The Balaban J connectivity index is 2.02. The van der Waals surface area contributed by atoms with Crippen LogP contribution in [0.5, 0.6) is 0 Å². The van der Waals surface area contributed by atoms with E-state index in [0.29, 0.717) is 5.92 Å². The van der Waals surface area contributed by atoms with E-state index in [1.54, 1.807) is 7.11 Å². The zero-order valence-corrected chi connectivity index (χ0v) is 10.4. The number of methoxy groups -OCH3 is 1. The Morgan fingerprint density at radius 2 is 2.53 bits per heavy atom. The van der Waals surface area contributed by atoms with Crippen molar-refractivity contribution in [3.05, 3.63) is 17.5 Å². The summed E-state index contributed by atoms with van der Waals surface area (Å²) >= 11 is 0. The molecule has 1 aliphatic heterocycles. The molecule has 1 aliphatic rings. The number of ether oxygens (including phenoxy) is 1. The molecule has 0 bridgehead atoms. The van der Waals surface area contributed by atoms with Crippen LogP contribution in [0, 0.1) is 6.92 Å². The topological polar surface area (TPSA) is 58.2 Å². The lowest BCUT2D eigenvalue weighted by Gasteiger charge is -2.32. The Kier molecular flexibility index (Phi) is 3.78. The third-order valence-electron chi connectivity index (χ3n) is 3.32. The fourth-order valence-electron chi connectivity index (χ4n) is 2.42. The van der Waals surface area contributed by atoms with Crippen LogP contribution in [0.1, 0.15) is 30.0 Å². The van der Waals surface area contributed by atoms with Crippen molar-refractivity contribution in [3.8, 4) is 0 Å². The van der Waals surface area contributed by atoms with Gasteiger partial charge in [-0.15, -0.1) is 0 Å². The first-order valence-electron chi connectivity index (χ1n) is 5.99. The van der Waals surface area contributed by atoms with Gasteiger partial charge in [0.25, 0.3) is 0 Å². The molecule has 1 atom stereocenters. The predicted octanol–water partition coefficient (Wildman–Crippen LogP) is 1.07. The average molecular weight is 237 g/mol. The Labute approximate surface area is 101 Å². The summed E-state index contributed by atoms with van der Waals surface area (Å²) in [7, 11) is 1.55. The molecule has 0 spiro atoms. The van der Waals surface area contributed by atoms with Crippen LogP contribution < -0.4 is 0 Å². The Morgan fingerprint density at radius 3 is 3.18 bits per heavy atom. The first-order valence-corrected chi connectivity index (χ1v) is 5.99. The highest BCUT2D eigenvalue weighted by atomic mass is 16.5. The van der Waals surface area contributed by atoms with Crippen molar-refractivity contribution in [3.63, 3.8) is 0 Å². The molecule has 1 fully saturated rings. The van der Waals surface area contributed by atoms with E-state index in [0.717, 1.165) is 25.9 Å². The van der Waals surface area contributed by atoms with Crippen LogP contribution in [0.2, 0.25) is 0 Å². The Bertz CT molecular complexity index is 389. The average Bonchev–Trinajstić information content (AvgIpc) is 2.76. The van der Waals surface area contributed by atoms with E-state index in [1.807, 2.05) is 11.1 Å². The zero-order valence-electron chi connectivity index (χ0n) is 10.4. The molecular formula is C12H19N3O2. The van der Waals surface area contributed by atoms with Crippen LogP contribution in [0.3, 0.4) is 0 Å². The molecule has 94 valence electrons. The van der Waals surface area contributed by atoms with Crippen LogP contribution in [0.15, 0.2) is 6.20 Å². The number of H-pyrrole nitrogens is 1. The van der Waals surface area contributed by atoms with Crippen molar-refractivity contribution in [2.45, 2.75) is 25.7 Å². The van der Waals surface area contributed by atoms with Gasteiger partial charge in [0.2, 0.25) is 5.91 Å². The molecular weight excluding hydrogens is 218 g/mol. The van der Waals surface area contributed by atoms with Gasteiger partial charge in [-0.3, -0.25) is 9.89 Å². The zero-order chi connectivity index (χ0) is 12.3. The second kappa shape index (κ2) is 5.31. The fourth-order valence-corrected chi connectivity index (χ4v) is 2.42.